The van der Waals surface area contributed by atoms with Crippen LogP contribution in [-0.4, -0.2) is 14.5 Å². The van der Waals surface area contributed by atoms with Crippen molar-refractivity contribution < 1.29 is 9.66 Å². The minimum absolute atomic E-state index is 0.0509. The molecule has 0 spiro atoms. The maximum absolute atomic E-state index is 10.4. The third-order valence-electron chi connectivity index (χ3n) is 1.99. The van der Waals surface area contributed by atoms with Gasteiger partial charge >= 0.3 is 0 Å². The summed E-state index contributed by atoms with van der Waals surface area (Å²) in [4.78, 5) is 13.8. The van der Waals surface area contributed by atoms with E-state index in [1.54, 1.807) is 35.4 Å². The molecule has 1 aromatic heterocycles. The smallest absolute Gasteiger partial charge is 0.269 e. The standard InChI is InChI=1S/C10H9N3O3/c14-13(15)9-1-3-10(4-2-9)16-8-12-6-5-11-7-12/h1-7H,8H2. The van der Waals surface area contributed by atoms with Gasteiger partial charge in [-0.1, -0.05) is 0 Å². The summed E-state index contributed by atoms with van der Waals surface area (Å²) in [5, 5.41) is 10.4. The summed E-state index contributed by atoms with van der Waals surface area (Å²) in [6.07, 6.45) is 5.05. The number of non-ortho nitro benzene ring substituents is 1. The molecule has 6 heteroatoms. The SMILES string of the molecule is O=[N+]([O-])c1ccc(OCn2ccnc2)cc1. The maximum Gasteiger partial charge on any atom is 0.269 e. The van der Waals surface area contributed by atoms with Crippen LogP contribution in [0.15, 0.2) is 43.0 Å². The van der Waals surface area contributed by atoms with Gasteiger partial charge in [-0.15, -0.1) is 0 Å². The molecule has 0 atom stereocenters. The number of nitro benzene ring substituents is 1. The molecule has 1 heterocycles. The van der Waals surface area contributed by atoms with E-state index < -0.39 is 4.92 Å². The van der Waals surface area contributed by atoms with Crippen LogP contribution in [0, 0.1) is 10.1 Å². The van der Waals surface area contributed by atoms with Gasteiger partial charge in [0.05, 0.1) is 11.3 Å². The fraction of sp³-hybridized carbons (Fsp3) is 0.100. The van der Waals surface area contributed by atoms with Crippen LogP contribution in [-0.2, 0) is 6.73 Å². The van der Waals surface area contributed by atoms with Crippen molar-refractivity contribution in [2.24, 2.45) is 0 Å². The first-order chi connectivity index (χ1) is 7.75. The van der Waals surface area contributed by atoms with Crippen molar-refractivity contribution in [2.45, 2.75) is 6.73 Å². The van der Waals surface area contributed by atoms with E-state index in [1.165, 1.54) is 12.1 Å². The molecule has 0 bridgehead atoms. The Labute approximate surface area is 91.3 Å². The average Bonchev–Trinajstić information content (AvgIpc) is 2.80. The van der Waals surface area contributed by atoms with Crippen molar-refractivity contribution in [1.82, 2.24) is 9.55 Å². The van der Waals surface area contributed by atoms with E-state index in [-0.39, 0.29) is 5.69 Å². The number of hydrogen-bond donors (Lipinski definition) is 0. The molecule has 16 heavy (non-hydrogen) atoms. The molecule has 0 radical (unpaired) electrons. The monoisotopic (exact) mass is 219 g/mol. The maximum atomic E-state index is 10.4. The van der Waals surface area contributed by atoms with Crippen LogP contribution in [0.3, 0.4) is 0 Å². The fourth-order valence-corrected chi connectivity index (χ4v) is 1.18. The lowest BCUT2D eigenvalue weighted by Gasteiger charge is -2.05. The van der Waals surface area contributed by atoms with E-state index in [4.69, 9.17) is 4.74 Å². The van der Waals surface area contributed by atoms with Gasteiger partial charge in [0.2, 0.25) is 0 Å². The second-order valence-electron chi connectivity index (χ2n) is 3.10. The molecule has 0 amide bonds. The van der Waals surface area contributed by atoms with E-state index >= 15 is 0 Å². The Morgan fingerprint density at radius 1 is 1.38 bits per heavy atom. The molecule has 6 nitrogen and oxygen atoms in total. The molecule has 0 fully saturated rings. The van der Waals surface area contributed by atoms with E-state index in [9.17, 15) is 10.1 Å². The van der Waals surface area contributed by atoms with Crippen molar-refractivity contribution in [3.63, 3.8) is 0 Å². The highest BCUT2D eigenvalue weighted by Gasteiger charge is 2.03. The molecule has 1 aromatic carbocycles. The highest BCUT2D eigenvalue weighted by Crippen LogP contribution is 2.17. The van der Waals surface area contributed by atoms with Crippen LogP contribution in [0.4, 0.5) is 5.69 Å². The number of hydrogen-bond acceptors (Lipinski definition) is 4. The molecule has 0 saturated heterocycles. The van der Waals surface area contributed by atoms with Crippen molar-refractivity contribution in [3.8, 4) is 5.75 Å². The molecule has 0 aliphatic rings. The van der Waals surface area contributed by atoms with Gasteiger partial charge in [0.15, 0.2) is 6.73 Å². The van der Waals surface area contributed by atoms with Crippen LogP contribution in [0.2, 0.25) is 0 Å². The summed E-state index contributed by atoms with van der Waals surface area (Å²) in [7, 11) is 0. The largest absolute Gasteiger partial charge is 0.473 e. The van der Waals surface area contributed by atoms with Crippen molar-refractivity contribution in [3.05, 3.63) is 53.1 Å². The molecule has 0 aliphatic carbocycles. The number of benzene rings is 1. The topological polar surface area (TPSA) is 70.2 Å². The van der Waals surface area contributed by atoms with Gasteiger partial charge in [-0.2, -0.15) is 0 Å². The van der Waals surface area contributed by atoms with Crippen LogP contribution < -0.4 is 4.74 Å². The first-order valence-electron chi connectivity index (χ1n) is 4.59. The molecule has 2 aromatic rings. The quantitative estimate of drug-likeness (QED) is 0.581. The molecule has 0 aliphatic heterocycles. The number of nitrogens with zero attached hydrogens (tertiary/aromatic N) is 3. The summed E-state index contributed by atoms with van der Waals surface area (Å²) in [6, 6.07) is 5.94. The zero-order valence-electron chi connectivity index (χ0n) is 8.31. The van der Waals surface area contributed by atoms with Crippen LogP contribution in [0.1, 0.15) is 0 Å². The zero-order valence-corrected chi connectivity index (χ0v) is 8.31. The van der Waals surface area contributed by atoms with Gasteiger partial charge in [0.1, 0.15) is 5.75 Å². The summed E-state index contributed by atoms with van der Waals surface area (Å²) in [5.41, 5.74) is 0.0509. The van der Waals surface area contributed by atoms with Gasteiger partial charge in [-0.05, 0) is 12.1 Å². The second-order valence-corrected chi connectivity index (χ2v) is 3.10. The van der Waals surface area contributed by atoms with E-state index in [1.807, 2.05) is 0 Å². The summed E-state index contributed by atoms with van der Waals surface area (Å²) in [5.74, 6) is 0.583. The van der Waals surface area contributed by atoms with Gasteiger partial charge < -0.3 is 9.30 Å². The zero-order chi connectivity index (χ0) is 11.4. The van der Waals surface area contributed by atoms with Gasteiger partial charge in [-0.3, -0.25) is 10.1 Å². The van der Waals surface area contributed by atoms with E-state index in [0.29, 0.717) is 12.5 Å². The molecule has 2 rings (SSSR count). The highest BCUT2D eigenvalue weighted by molar-refractivity contribution is 5.35. The number of ether oxygens (including phenoxy) is 1. The lowest BCUT2D eigenvalue weighted by molar-refractivity contribution is -0.384. The Balaban J connectivity index is 1.98. The first-order valence-corrected chi connectivity index (χ1v) is 4.59. The minimum Gasteiger partial charge on any atom is -0.473 e. The lowest BCUT2D eigenvalue weighted by atomic mass is 10.3. The Morgan fingerprint density at radius 2 is 2.12 bits per heavy atom. The van der Waals surface area contributed by atoms with Crippen LogP contribution >= 0.6 is 0 Å². The predicted molar refractivity (Wildman–Crippen MR) is 56.0 cm³/mol. The summed E-state index contributed by atoms with van der Waals surface area (Å²) >= 11 is 0. The van der Waals surface area contributed by atoms with Gasteiger partial charge in [0.25, 0.3) is 5.69 Å². The normalized spacial score (nSPS) is 10.0. The van der Waals surface area contributed by atoms with Gasteiger partial charge in [-0.25, -0.2) is 4.98 Å². The molecule has 0 saturated carbocycles. The molecule has 82 valence electrons. The fourth-order valence-electron chi connectivity index (χ4n) is 1.18. The number of imidazole rings is 1. The molecule has 0 unspecified atom stereocenters. The van der Waals surface area contributed by atoms with Crippen molar-refractivity contribution in [2.75, 3.05) is 0 Å². The third-order valence-corrected chi connectivity index (χ3v) is 1.99. The Morgan fingerprint density at radius 3 is 2.69 bits per heavy atom. The van der Waals surface area contributed by atoms with E-state index in [2.05, 4.69) is 4.98 Å². The highest BCUT2D eigenvalue weighted by atomic mass is 16.6. The van der Waals surface area contributed by atoms with Crippen LogP contribution in [0.5, 0.6) is 5.75 Å². The van der Waals surface area contributed by atoms with Crippen molar-refractivity contribution >= 4 is 5.69 Å². The Bertz CT molecular complexity index is 465. The number of aromatic nitrogens is 2. The minimum atomic E-state index is -0.445. The molecular formula is C10H9N3O3. The van der Waals surface area contributed by atoms with Gasteiger partial charge in [0, 0.05) is 24.5 Å². The molecular weight excluding hydrogens is 210 g/mol. The summed E-state index contributed by atoms with van der Waals surface area (Å²) < 4.78 is 7.14. The average molecular weight is 219 g/mol. The number of nitro groups is 1. The Kier molecular flexibility index (Phi) is 2.81. The Hall–Kier alpha value is -2.37. The first kappa shape index (κ1) is 10.2. The van der Waals surface area contributed by atoms with E-state index in [0.717, 1.165) is 0 Å². The number of rotatable bonds is 4. The summed E-state index contributed by atoms with van der Waals surface area (Å²) in [6.45, 7) is 0.331. The lowest BCUT2D eigenvalue weighted by Crippen LogP contribution is -2.02. The second kappa shape index (κ2) is 4.43. The van der Waals surface area contributed by atoms with Crippen molar-refractivity contribution in [1.29, 1.82) is 0 Å². The van der Waals surface area contributed by atoms with Crippen LogP contribution in [0.25, 0.3) is 0 Å². The predicted octanol–water partition coefficient (Wildman–Crippen LogP) is 1.83. The third kappa shape index (κ3) is 2.35. The molecule has 0 N–H and O–H groups in total.